The molecular formula is C16H23ClN4O. The summed E-state index contributed by atoms with van der Waals surface area (Å²) in [6.07, 6.45) is 2.96. The van der Waals surface area contributed by atoms with E-state index in [1.807, 2.05) is 25.3 Å². The molecule has 0 amide bonds. The molecule has 22 heavy (non-hydrogen) atoms. The molecule has 3 heterocycles. The van der Waals surface area contributed by atoms with Gasteiger partial charge in [-0.1, -0.05) is 6.07 Å². The van der Waals surface area contributed by atoms with Gasteiger partial charge in [0.2, 0.25) is 0 Å². The van der Waals surface area contributed by atoms with Crippen LogP contribution in [0.5, 0.6) is 0 Å². The third-order valence-electron chi connectivity index (χ3n) is 4.35. The highest BCUT2D eigenvalue weighted by molar-refractivity contribution is 5.85. The second kappa shape index (κ2) is 6.77. The van der Waals surface area contributed by atoms with Crippen molar-refractivity contribution in [1.29, 1.82) is 0 Å². The van der Waals surface area contributed by atoms with Gasteiger partial charge >= 0.3 is 0 Å². The fraction of sp³-hybridized carbons (Fsp3) is 0.500. The first-order valence-electron chi connectivity index (χ1n) is 7.50. The van der Waals surface area contributed by atoms with Gasteiger partial charge in [0, 0.05) is 31.4 Å². The van der Waals surface area contributed by atoms with Crippen molar-refractivity contribution < 1.29 is 0 Å². The van der Waals surface area contributed by atoms with Crippen LogP contribution in [0.3, 0.4) is 0 Å². The Balaban J connectivity index is 0.00000176. The monoisotopic (exact) mass is 322 g/mol. The highest BCUT2D eigenvalue weighted by Gasteiger charge is 2.28. The molecule has 1 aliphatic rings. The minimum Gasteiger partial charge on any atom is -0.330 e. The first kappa shape index (κ1) is 16.9. The van der Waals surface area contributed by atoms with Crippen LogP contribution in [0.4, 0.5) is 0 Å². The number of pyridine rings is 1. The Kier molecular flexibility index (Phi) is 5.21. The molecule has 0 aliphatic carbocycles. The number of aromatic nitrogens is 2. The van der Waals surface area contributed by atoms with Gasteiger partial charge in [-0.25, -0.2) is 4.98 Å². The van der Waals surface area contributed by atoms with Crippen molar-refractivity contribution in [3.63, 3.8) is 0 Å². The highest BCUT2D eigenvalue weighted by Crippen LogP contribution is 2.23. The van der Waals surface area contributed by atoms with E-state index in [2.05, 4.69) is 16.8 Å². The lowest BCUT2D eigenvalue weighted by Gasteiger charge is -2.20. The number of nitrogens with two attached hydrogens (primary N) is 1. The first-order valence-corrected chi connectivity index (χ1v) is 7.50. The lowest BCUT2D eigenvalue weighted by atomic mass is 10.1. The molecule has 0 saturated carbocycles. The smallest absolute Gasteiger partial charge is 0.258 e. The molecule has 1 saturated heterocycles. The van der Waals surface area contributed by atoms with Gasteiger partial charge in [0.15, 0.2) is 0 Å². The van der Waals surface area contributed by atoms with Crippen LogP contribution in [0.15, 0.2) is 29.2 Å². The van der Waals surface area contributed by atoms with Crippen molar-refractivity contribution in [1.82, 2.24) is 14.3 Å². The number of fused-ring (bicyclic) bond motifs is 1. The molecular weight excluding hydrogens is 300 g/mol. The fourth-order valence-corrected chi connectivity index (χ4v) is 3.16. The van der Waals surface area contributed by atoms with Crippen molar-refractivity contribution in [3.05, 3.63) is 46.0 Å². The maximum Gasteiger partial charge on any atom is 0.258 e. The molecule has 1 aliphatic heterocycles. The molecule has 5 nitrogen and oxygen atoms in total. The minimum absolute atomic E-state index is 0. The maximum atomic E-state index is 12.2. The summed E-state index contributed by atoms with van der Waals surface area (Å²) in [6.45, 7) is 6.63. The van der Waals surface area contributed by atoms with Crippen LogP contribution in [0, 0.1) is 12.8 Å². The van der Waals surface area contributed by atoms with E-state index >= 15 is 0 Å². The molecule has 2 atom stereocenters. The summed E-state index contributed by atoms with van der Waals surface area (Å²) in [6, 6.07) is 6.02. The average molecular weight is 323 g/mol. The van der Waals surface area contributed by atoms with Crippen molar-refractivity contribution >= 4 is 18.1 Å². The van der Waals surface area contributed by atoms with Crippen LogP contribution < -0.4 is 11.3 Å². The molecule has 2 aromatic rings. The lowest BCUT2D eigenvalue weighted by Crippen LogP contribution is -2.29. The largest absolute Gasteiger partial charge is 0.330 e. The number of hydrogen-bond acceptors (Lipinski definition) is 4. The van der Waals surface area contributed by atoms with Crippen molar-refractivity contribution in [2.75, 3.05) is 13.1 Å². The Morgan fingerprint density at radius 3 is 2.86 bits per heavy atom. The van der Waals surface area contributed by atoms with Crippen molar-refractivity contribution in [2.45, 2.75) is 32.9 Å². The average Bonchev–Trinajstić information content (AvgIpc) is 2.80. The fourth-order valence-electron chi connectivity index (χ4n) is 3.16. The van der Waals surface area contributed by atoms with E-state index in [1.165, 1.54) is 0 Å². The molecule has 3 rings (SSSR count). The second-order valence-corrected chi connectivity index (χ2v) is 6.14. The molecule has 0 aromatic carbocycles. The number of nitrogens with zero attached hydrogens (tertiary/aromatic N) is 3. The quantitative estimate of drug-likeness (QED) is 0.932. The van der Waals surface area contributed by atoms with Gasteiger partial charge in [0.1, 0.15) is 5.65 Å². The number of likely N-dealkylation sites (tertiary alicyclic amines) is 1. The first-order chi connectivity index (χ1) is 10.1. The van der Waals surface area contributed by atoms with E-state index in [-0.39, 0.29) is 18.0 Å². The Morgan fingerprint density at radius 1 is 1.41 bits per heavy atom. The molecule has 2 aromatic heterocycles. The third kappa shape index (κ3) is 3.32. The summed E-state index contributed by atoms with van der Waals surface area (Å²) in [5.74, 6) is 0.559. The van der Waals surface area contributed by atoms with Gasteiger partial charge in [-0.05, 0) is 44.4 Å². The third-order valence-corrected chi connectivity index (χ3v) is 4.35. The minimum atomic E-state index is -0.0130. The van der Waals surface area contributed by atoms with E-state index in [4.69, 9.17) is 5.73 Å². The Bertz CT molecular complexity index is 715. The summed E-state index contributed by atoms with van der Waals surface area (Å²) >= 11 is 0. The van der Waals surface area contributed by atoms with Gasteiger partial charge in [0.05, 0.1) is 5.69 Å². The molecule has 0 spiro atoms. The molecule has 0 radical (unpaired) electrons. The number of halogens is 1. The summed E-state index contributed by atoms with van der Waals surface area (Å²) in [7, 11) is 0. The molecule has 2 N–H and O–H groups in total. The zero-order valence-electron chi connectivity index (χ0n) is 13.0. The van der Waals surface area contributed by atoms with E-state index in [1.54, 1.807) is 10.5 Å². The number of hydrogen-bond donors (Lipinski definition) is 1. The SMILES string of the molecule is Cc1ccc2nc(CN3CC(CN)CC3C)cc(=O)n2c1.Cl. The summed E-state index contributed by atoms with van der Waals surface area (Å²) in [4.78, 5) is 19.2. The zero-order chi connectivity index (χ0) is 15.0. The van der Waals surface area contributed by atoms with Crippen LogP contribution in [0.1, 0.15) is 24.6 Å². The highest BCUT2D eigenvalue weighted by atomic mass is 35.5. The normalized spacial score (nSPS) is 22.0. The summed E-state index contributed by atoms with van der Waals surface area (Å²) in [5.41, 5.74) is 8.36. The second-order valence-electron chi connectivity index (χ2n) is 6.14. The number of rotatable bonds is 3. The Hall–Kier alpha value is -1.43. The summed E-state index contributed by atoms with van der Waals surface area (Å²) < 4.78 is 1.61. The molecule has 120 valence electrons. The van der Waals surface area contributed by atoms with Gasteiger partial charge in [0.25, 0.3) is 5.56 Å². The van der Waals surface area contributed by atoms with Gasteiger partial charge in [-0.3, -0.25) is 14.1 Å². The van der Waals surface area contributed by atoms with E-state index in [9.17, 15) is 4.79 Å². The van der Waals surface area contributed by atoms with E-state index in [0.29, 0.717) is 17.6 Å². The number of aryl methyl sites for hydroxylation is 1. The zero-order valence-corrected chi connectivity index (χ0v) is 13.8. The van der Waals surface area contributed by atoms with Crippen LogP contribution >= 0.6 is 12.4 Å². The molecule has 0 bridgehead atoms. The van der Waals surface area contributed by atoms with Crippen LogP contribution in [0.2, 0.25) is 0 Å². The van der Waals surface area contributed by atoms with Crippen LogP contribution in [0.25, 0.3) is 5.65 Å². The topological polar surface area (TPSA) is 63.6 Å². The van der Waals surface area contributed by atoms with Gasteiger partial charge in [-0.2, -0.15) is 0 Å². The molecule has 6 heteroatoms. The lowest BCUT2D eigenvalue weighted by molar-refractivity contribution is 0.253. The van der Waals surface area contributed by atoms with Crippen molar-refractivity contribution in [2.24, 2.45) is 11.7 Å². The van der Waals surface area contributed by atoms with Crippen LogP contribution in [-0.2, 0) is 6.54 Å². The van der Waals surface area contributed by atoms with E-state index < -0.39 is 0 Å². The maximum absolute atomic E-state index is 12.2. The predicted octanol–water partition coefficient (Wildman–Crippen LogP) is 1.59. The predicted molar refractivity (Wildman–Crippen MR) is 90.5 cm³/mol. The standard InChI is InChI=1S/C16H22N4O.ClH/c1-11-3-4-15-18-14(6-16(21)20(15)8-11)10-19-9-13(7-17)5-12(19)2;/h3-4,6,8,12-13H,5,7,9-10,17H2,1-2H3;1H. The Morgan fingerprint density at radius 2 is 2.18 bits per heavy atom. The molecule has 1 fully saturated rings. The van der Waals surface area contributed by atoms with E-state index in [0.717, 1.165) is 37.3 Å². The van der Waals surface area contributed by atoms with Gasteiger partial charge < -0.3 is 5.73 Å². The van der Waals surface area contributed by atoms with Gasteiger partial charge in [-0.15, -0.1) is 12.4 Å². The Labute approximate surface area is 136 Å². The summed E-state index contributed by atoms with van der Waals surface area (Å²) in [5, 5.41) is 0. The van der Waals surface area contributed by atoms with Crippen LogP contribution in [-0.4, -0.2) is 33.4 Å². The van der Waals surface area contributed by atoms with Crippen molar-refractivity contribution in [3.8, 4) is 0 Å². The molecule has 2 unspecified atom stereocenters.